The predicted octanol–water partition coefficient (Wildman–Crippen LogP) is 0.671. The average molecular weight is 452 g/mol. The minimum Gasteiger partial charge on any atom is -0.455 e. The van der Waals surface area contributed by atoms with Gasteiger partial charge in [-0.25, -0.2) is 8.42 Å². The summed E-state index contributed by atoms with van der Waals surface area (Å²) in [7, 11) is -3.51. The molecular weight excluding hydrogens is 422 g/mol. The maximum Gasteiger partial charge on any atom is 0.310 e. The van der Waals surface area contributed by atoms with Gasteiger partial charge in [0.1, 0.15) is 0 Å². The molecule has 0 unspecified atom stereocenters. The first-order chi connectivity index (χ1) is 14.8. The maximum absolute atomic E-state index is 12.7. The molecule has 31 heavy (non-hydrogen) atoms. The van der Waals surface area contributed by atoms with Crippen LogP contribution in [0.2, 0.25) is 0 Å². The van der Waals surface area contributed by atoms with Crippen molar-refractivity contribution in [2.24, 2.45) is 11.7 Å². The fourth-order valence-electron chi connectivity index (χ4n) is 3.90. The van der Waals surface area contributed by atoms with E-state index >= 15 is 0 Å². The van der Waals surface area contributed by atoms with Gasteiger partial charge in [0.25, 0.3) is 5.91 Å². The Hall–Kier alpha value is -2.46. The van der Waals surface area contributed by atoms with Crippen molar-refractivity contribution in [2.45, 2.75) is 43.4 Å². The second-order valence-corrected chi connectivity index (χ2v) is 9.94. The summed E-state index contributed by atoms with van der Waals surface area (Å²) >= 11 is 0. The molecule has 0 aromatic heterocycles. The molecule has 0 atom stereocenters. The Kier molecular flexibility index (Phi) is 7.66. The van der Waals surface area contributed by atoms with Crippen molar-refractivity contribution in [3.8, 4) is 0 Å². The fraction of sp³-hybridized carbons (Fsp3) is 0.571. The molecule has 2 fully saturated rings. The molecule has 0 radical (unpaired) electrons. The summed E-state index contributed by atoms with van der Waals surface area (Å²) in [5.74, 6) is -1.44. The molecular formula is C21H29N3O6S. The Morgan fingerprint density at radius 1 is 0.968 bits per heavy atom. The second-order valence-electron chi connectivity index (χ2n) is 8.00. The highest BCUT2D eigenvalue weighted by Crippen LogP contribution is 2.21. The highest BCUT2D eigenvalue weighted by Gasteiger charge is 2.27. The number of primary amides is 1. The molecule has 10 heteroatoms. The maximum atomic E-state index is 12.7. The molecule has 0 saturated carbocycles. The third-order valence-corrected chi connectivity index (χ3v) is 7.74. The number of sulfonamides is 1. The van der Waals surface area contributed by atoms with Crippen LogP contribution in [0.1, 0.15) is 37.7 Å². The Labute approximate surface area is 182 Å². The van der Waals surface area contributed by atoms with Crippen LogP contribution in [-0.2, 0) is 35.6 Å². The van der Waals surface area contributed by atoms with E-state index in [9.17, 15) is 22.8 Å². The van der Waals surface area contributed by atoms with Crippen LogP contribution in [0.3, 0.4) is 0 Å². The van der Waals surface area contributed by atoms with Crippen molar-refractivity contribution in [1.29, 1.82) is 0 Å². The lowest BCUT2D eigenvalue weighted by Gasteiger charge is -2.30. The molecule has 9 nitrogen and oxygen atoms in total. The van der Waals surface area contributed by atoms with E-state index in [0.29, 0.717) is 44.6 Å². The Morgan fingerprint density at radius 2 is 1.58 bits per heavy atom. The van der Waals surface area contributed by atoms with Gasteiger partial charge in [-0.3, -0.25) is 14.4 Å². The zero-order chi connectivity index (χ0) is 22.4. The lowest BCUT2D eigenvalue weighted by molar-refractivity contribution is -0.152. The summed E-state index contributed by atoms with van der Waals surface area (Å²) in [6.45, 7) is 1.53. The van der Waals surface area contributed by atoms with Gasteiger partial charge < -0.3 is 15.4 Å². The lowest BCUT2D eigenvalue weighted by atomic mass is 9.96. The topological polar surface area (TPSA) is 127 Å². The molecule has 170 valence electrons. The zero-order valence-corrected chi connectivity index (χ0v) is 18.3. The molecule has 2 N–H and O–H groups in total. The number of rotatable bonds is 7. The molecule has 0 spiro atoms. The molecule has 2 aliphatic heterocycles. The average Bonchev–Trinajstić information content (AvgIpc) is 2.78. The number of carbonyl (C=O) groups excluding carboxylic acids is 3. The van der Waals surface area contributed by atoms with Crippen molar-refractivity contribution in [3.05, 3.63) is 29.8 Å². The molecule has 2 aliphatic rings. The van der Waals surface area contributed by atoms with Gasteiger partial charge in [-0.15, -0.1) is 0 Å². The number of nitrogens with zero attached hydrogens (tertiary/aromatic N) is 2. The number of nitrogens with two attached hydrogens (primary N) is 1. The van der Waals surface area contributed by atoms with Crippen molar-refractivity contribution in [2.75, 3.05) is 32.8 Å². The highest BCUT2D eigenvalue weighted by molar-refractivity contribution is 7.89. The van der Waals surface area contributed by atoms with Gasteiger partial charge in [0.2, 0.25) is 15.9 Å². The number of hydrogen-bond donors (Lipinski definition) is 1. The van der Waals surface area contributed by atoms with E-state index < -0.39 is 16.0 Å². The van der Waals surface area contributed by atoms with Crippen LogP contribution in [0.5, 0.6) is 0 Å². The molecule has 0 bridgehead atoms. The molecule has 2 amide bonds. The van der Waals surface area contributed by atoms with Crippen LogP contribution in [0.15, 0.2) is 29.2 Å². The lowest BCUT2D eigenvalue weighted by Crippen LogP contribution is -2.43. The largest absolute Gasteiger partial charge is 0.455 e. The van der Waals surface area contributed by atoms with E-state index in [1.54, 1.807) is 17.0 Å². The van der Waals surface area contributed by atoms with Crippen molar-refractivity contribution >= 4 is 27.8 Å². The van der Waals surface area contributed by atoms with Crippen LogP contribution in [0.4, 0.5) is 0 Å². The van der Waals surface area contributed by atoms with Gasteiger partial charge in [0.05, 0.1) is 11.3 Å². The van der Waals surface area contributed by atoms with Crippen molar-refractivity contribution < 1.29 is 27.5 Å². The summed E-state index contributed by atoms with van der Waals surface area (Å²) in [6, 6.07) is 6.18. The van der Waals surface area contributed by atoms with E-state index in [0.717, 1.165) is 19.3 Å². The SMILES string of the molecule is NC(=O)C1CCN(C(=O)COC(=O)Cc2ccc(S(=O)(=O)N3CCCCC3)cc2)CC1. The van der Waals surface area contributed by atoms with E-state index in [2.05, 4.69) is 0 Å². The van der Waals surface area contributed by atoms with Gasteiger partial charge >= 0.3 is 5.97 Å². The summed E-state index contributed by atoms with van der Waals surface area (Å²) in [6.07, 6.45) is 3.75. The molecule has 2 saturated heterocycles. The van der Waals surface area contributed by atoms with Gasteiger partial charge in [-0.05, 0) is 43.4 Å². The van der Waals surface area contributed by atoms with Gasteiger partial charge in [-0.1, -0.05) is 18.6 Å². The Balaban J connectivity index is 1.46. The summed E-state index contributed by atoms with van der Waals surface area (Å²) in [5.41, 5.74) is 5.89. The number of hydrogen-bond acceptors (Lipinski definition) is 6. The summed E-state index contributed by atoms with van der Waals surface area (Å²) in [4.78, 5) is 37.2. The number of carbonyl (C=O) groups is 3. The monoisotopic (exact) mass is 451 g/mol. The molecule has 1 aromatic rings. The van der Waals surface area contributed by atoms with Crippen molar-refractivity contribution in [1.82, 2.24) is 9.21 Å². The third kappa shape index (κ3) is 6.04. The number of benzene rings is 1. The first kappa shape index (κ1) is 23.2. The predicted molar refractivity (Wildman–Crippen MR) is 112 cm³/mol. The van der Waals surface area contributed by atoms with Crippen molar-refractivity contribution in [3.63, 3.8) is 0 Å². The smallest absolute Gasteiger partial charge is 0.310 e. The minimum absolute atomic E-state index is 0.0545. The van der Waals surface area contributed by atoms with Crippen LogP contribution in [0, 0.1) is 5.92 Å². The number of likely N-dealkylation sites (tertiary alicyclic amines) is 1. The van der Waals surface area contributed by atoms with E-state index in [1.165, 1.54) is 16.4 Å². The standard InChI is InChI=1S/C21H29N3O6S/c22-21(27)17-8-12-23(13-9-17)19(25)15-30-20(26)14-16-4-6-18(7-5-16)31(28,29)24-10-2-1-3-11-24/h4-7,17H,1-3,8-15H2,(H2,22,27). The number of amides is 2. The number of piperidine rings is 2. The first-order valence-corrected chi connectivity index (χ1v) is 12.0. The number of esters is 1. The zero-order valence-electron chi connectivity index (χ0n) is 17.5. The van der Waals surface area contributed by atoms with Gasteiger partial charge in [0.15, 0.2) is 6.61 Å². The quantitative estimate of drug-likeness (QED) is 0.607. The Bertz CT molecular complexity index is 902. The van der Waals surface area contributed by atoms with Crippen LogP contribution >= 0.6 is 0 Å². The molecule has 3 rings (SSSR count). The highest BCUT2D eigenvalue weighted by atomic mass is 32.2. The van der Waals surface area contributed by atoms with Crippen LogP contribution in [-0.4, -0.2) is 68.2 Å². The Morgan fingerprint density at radius 3 is 2.16 bits per heavy atom. The minimum atomic E-state index is -3.51. The van der Waals surface area contributed by atoms with E-state index in [-0.39, 0.29) is 35.7 Å². The molecule has 2 heterocycles. The first-order valence-electron chi connectivity index (χ1n) is 10.6. The number of ether oxygens (including phenoxy) is 1. The van der Waals surface area contributed by atoms with Gasteiger partial charge in [-0.2, -0.15) is 4.31 Å². The van der Waals surface area contributed by atoms with E-state index in [4.69, 9.17) is 10.5 Å². The normalized spacial score (nSPS) is 18.5. The summed E-state index contributed by atoms with van der Waals surface area (Å²) in [5, 5.41) is 0. The molecule has 0 aliphatic carbocycles. The fourth-order valence-corrected chi connectivity index (χ4v) is 5.42. The second kappa shape index (κ2) is 10.2. The van der Waals surface area contributed by atoms with E-state index in [1.807, 2.05) is 0 Å². The van der Waals surface area contributed by atoms with Crippen LogP contribution in [0.25, 0.3) is 0 Å². The summed E-state index contributed by atoms with van der Waals surface area (Å²) < 4.78 is 31.9. The van der Waals surface area contributed by atoms with Crippen LogP contribution < -0.4 is 5.73 Å². The molecule has 1 aromatic carbocycles. The third-order valence-electron chi connectivity index (χ3n) is 5.83. The van der Waals surface area contributed by atoms with Gasteiger partial charge in [0, 0.05) is 32.1 Å².